The Morgan fingerprint density at radius 3 is 2.52 bits per heavy atom. The van der Waals surface area contributed by atoms with Crippen LogP contribution in [0, 0.1) is 0 Å². The van der Waals surface area contributed by atoms with Crippen molar-refractivity contribution in [2.24, 2.45) is 0 Å². The number of nitrogens with two attached hydrogens (primary N) is 1. The summed E-state index contributed by atoms with van der Waals surface area (Å²) in [5.41, 5.74) is 9.92. The summed E-state index contributed by atoms with van der Waals surface area (Å²) in [4.78, 5) is 18.6. The summed E-state index contributed by atoms with van der Waals surface area (Å²) in [5.74, 6) is 0.671. The first kappa shape index (κ1) is 13.5. The van der Waals surface area contributed by atoms with E-state index in [4.69, 9.17) is 10.5 Å². The van der Waals surface area contributed by atoms with Gasteiger partial charge in [0.05, 0.1) is 18.1 Å². The zero-order valence-corrected chi connectivity index (χ0v) is 12.5. The number of anilines is 1. The number of fused-ring (bicyclic) bond motifs is 3. The molecule has 5 heteroatoms. The number of benzene rings is 2. The molecule has 2 aromatic carbocycles. The number of hydrogen-bond acceptors (Lipinski definition) is 3. The predicted octanol–water partition coefficient (Wildman–Crippen LogP) is 3.27. The van der Waals surface area contributed by atoms with E-state index in [-0.39, 0.29) is 11.2 Å². The molecule has 4 N–H and O–H groups in total. The number of hydrogen-bond donors (Lipinski definition) is 3. The molecule has 0 radical (unpaired) electrons. The van der Waals surface area contributed by atoms with E-state index in [0.717, 1.165) is 27.5 Å². The first-order valence-corrected chi connectivity index (χ1v) is 7.26. The second-order valence-corrected chi connectivity index (χ2v) is 5.36. The van der Waals surface area contributed by atoms with Crippen molar-refractivity contribution in [3.63, 3.8) is 0 Å². The Bertz CT molecular complexity index is 1090. The fraction of sp³-hybridized carbons (Fsp3) is 0.0556. The molecule has 4 rings (SSSR count). The fourth-order valence-corrected chi connectivity index (χ4v) is 3.02. The van der Waals surface area contributed by atoms with Crippen LogP contribution in [-0.4, -0.2) is 17.1 Å². The minimum Gasteiger partial charge on any atom is -0.496 e. The normalized spacial score (nSPS) is 11.2. The Kier molecular flexibility index (Phi) is 2.87. The number of methoxy groups -OCH3 is 1. The van der Waals surface area contributed by atoms with E-state index in [1.54, 1.807) is 7.11 Å². The van der Waals surface area contributed by atoms with Crippen molar-refractivity contribution in [2.45, 2.75) is 0 Å². The highest BCUT2D eigenvalue weighted by atomic mass is 16.5. The lowest BCUT2D eigenvalue weighted by molar-refractivity contribution is 0.416. The van der Waals surface area contributed by atoms with Crippen molar-refractivity contribution in [1.29, 1.82) is 0 Å². The fourth-order valence-electron chi connectivity index (χ4n) is 3.02. The lowest BCUT2D eigenvalue weighted by atomic mass is 10.0. The quantitative estimate of drug-likeness (QED) is 0.531. The number of nitrogen functional groups attached to an aromatic ring is 1. The van der Waals surface area contributed by atoms with Gasteiger partial charge in [-0.15, -0.1) is 0 Å². The topological polar surface area (TPSA) is 83.9 Å². The minimum atomic E-state index is -0.303. The predicted molar refractivity (Wildman–Crippen MR) is 92.8 cm³/mol. The number of para-hydroxylation sites is 2. The summed E-state index contributed by atoms with van der Waals surface area (Å²) in [5, 5.41) is 0.954. The molecular formula is C18H15N3O2. The summed E-state index contributed by atoms with van der Waals surface area (Å²) < 4.78 is 5.44. The van der Waals surface area contributed by atoms with Crippen molar-refractivity contribution in [2.75, 3.05) is 12.8 Å². The van der Waals surface area contributed by atoms with Crippen LogP contribution < -0.4 is 16.0 Å². The molecule has 2 aromatic heterocycles. The number of rotatable bonds is 2. The Labute approximate surface area is 131 Å². The number of nitrogens with one attached hydrogen (secondary N) is 2. The second kappa shape index (κ2) is 4.91. The van der Waals surface area contributed by atoms with Crippen LogP contribution in [0.3, 0.4) is 0 Å². The van der Waals surface area contributed by atoms with Crippen LogP contribution in [0.5, 0.6) is 5.75 Å². The van der Waals surface area contributed by atoms with Gasteiger partial charge in [0.15, 0.2) is 0 Å². The third-order valence-corrected chi connectivity index (χ3v) is 4.08. The molecule has 5 nitrogen and oxygen atoms in total. The van der Waals surface area contributed by atoms with Crippen molar-refractivity contribution >= 4 is 27.6 Å². The van der Waals surface area contributed by atoms with Gasteiger partial charge in [-0.3, -0.25) is 4.79 Å². The molecule has 0 amide bonds. The van der Waals surface area contributed by atoms with E-state index in [0.29, 0.717) is 11.3 Å². The maximum Gasteiger partial charge on any atom is 0.272 e. The molecule has 0 aliphatic heterocycles. The summed E-state index contributed by atoms with van der Waals surface area (Å²) in [6.07, 6.45) is 0. The third kappa shape index (κ3) is 1.90. The standard InChI is InChI=1S/C18H15N3O2/c1-23-13-9-5-3-7-11(13)14-15(19)18(22)21-16-10-6-2-4-8-12(10)20-17(14)16/h2-9,20H,19H2,1H3,(H,21,22). The zero-order valence-electron chi connectivity index (χ0n) is 12.5. The Morgan fingerprint density at radius 1 is 0.957 bits per heavy atom. The van der Waals surface area contributed by atoms with E-state index in [1.807, 2.05) is 48.5 Å². The highest BCUT2D eigenvalue weighted by Gasteiger charge is 2.18. The molecule has 0 aliphatic carbocycles. The molecule has 114 valence electrons. The first-order valence-electron chi connectivity index (χ1n) is 7.26. The van der Waals surface area contributed by atoms with E-state index in [9.17, 15) is 4.79 Å². The van der Waals surface area contributed by atoms with E-state index < -0.39 is 0 Å². The van der Waals surface area contributed by atoms with Crippen LogP contribution in [0.4, 0.5) is 5.69 Å². The number of aromatic nitrogens is 2. The van der Waals surface area contributed by atoms with Gasteiger partial charge >= 0.3 is 0 Å². The number of pyridine rings is 1. The molecule has 0 saturated heterocycles. The lowest BCUT2D eigenvalue weighted by Gasteiger charge is -2.11. The number of aromatic amines is 2. The van der Waals surface area contributed by atoms with E-state index in [2.05, 4.69) is 9.97 Å². The SMILES string of the molecule is COc1ccccc1-c1c(N)c(=O)[nH]c2c1[nH]c1ccccc12. The molecule has 0 saturated carbocycles. The zero-order chi connectivity index (χ0) is 16.0. The van der Waals surface area contributed by atoms with Crippen LogP contribution in [-0.2, 0) is 0 Å². The van der Waals surface area contributed by atoms with Crippen molar-refractivity contribution in [1.82, 2.24) is 9.97 Å². The van der Waals surface area contributed by atoms with Gasteiger partial charge in [-0.25, -0.2) is 0 Å². The minimum absolute atomic E-state index is 0.175. The smallest absolute Gasteiger partial charge is 0.272 e. The van der Waals surface area contributed by atoms with Gasteiger partial charge in [-0.1, -0.05) is 36.4 Å². The summed E-state index contributed by atoms with van der Waals surface area (Å²) >= 11 is 0. The number of ether oxygens (including phenoxy) is 1. The van der Waals surface area contributed by atoms with Gasteiger partial charge < -0.3 is 20.4 Å². The maximum atomic E-state index is 12.3. The molecule has 0 atom stereocenters. The van der Waals surface area contributed by atoms with Gasteiger partial charge in [0.2, 0.25) is 0 Å². The molecule has 0 fully saturated rings. The van der Waals surface area contributed by atoms with Crippen LogP contribution >= 0.6 is 0 Å². The van der Waals surface area contributed by atoms with Gasteiger partial charge in [0.25, 0.3) is 5.56 Å². The first-order chi connectivity index (χ1) is 11.2. The monoisotopic (exact) mass is 305 g/mol. The average molecular weight is 305 g/mol. The van der Waals surface area contributed by atoms with E-state index in [1.165, 1.54) is 0 Å². The highest BCUT2D eigenvalue weighted by molar-refractivity contribution is 6.12. The molecule has 2 heterocycles. The van der Waals surface area contributed by atoms with Crippen LogP contribution in [0.15, 0.2) is 53.3 Å². The molecule has 0 aliphatic rings. The van der Waals surface area contributed by atoms with Gasteiger partial charge in [-0.05, 0) is 12.1 Å². The lowest BCUT2D eigenvalue weighted by Crippen LogP contribution is -2.13. The average Bonchev–Trinajstić information content (AvgIpc) is 2.94. The molecule has 23 heavy (non-hydrogen) atoms. The van der Waals surface area contributed by atoms with Crippen molar-refractivity contribution < 1.29 is 4.74 Å². The van der Waals surface area contributed by atoms with Crippen LogP contribution in [0.1, 0.15) is 0 Å². The van der Waals surface area contributed by atoms with Crippen LogP contribution in [0.2, 0.25) is 0 Å². The highest BCUT2D eigenvalue weighted by Crippen LogP contribution is 2.38. The Morgan fingerprint density at radius 2 is 1.70 bits per heavy atom. The molecular weight excluding hydrogens is 290 g/mol. The molecule has 4 aromatic rings. The molecule has 0 bridgehead atoms. The van der Waals surface area contributed by atoms with Crippen molar-refractivity contribution in [3.8, 4) is 16.9 Å². The maximum absolute atomic E-state index is 12.3. The van der Waals surface area contributed by atoms with Gasteiger partial charge in [0.1, 0.15) is 11.4 Å². The van der Waals surface area contributed by atoms with E-state index >= 15 is 0 Å². The summed E-state index contributed by atoms with van der Waals surface area (Å²) in [6.45, 7) is 0. The Balaban J connectivity index is 2.21. The van der Waals surface area contributed by atoms with Gasteiger partial charge in [-0.2, -0.15) is 0 Å². The summed E-state index contributed by atoms with van der Waals surface area (Å²) in [7, 11) is 1.60. The molecule has 0 unspecified atom stereocenters. The summed E-state index contributed by atoms with van der Waals surface area (Å²) in [6, 6.07) is 15.3. The molecule has 0 spiro atoms. The Hall–Kier alpha value is -3.21. The van der Waals surface area contributed by atoms with Crippen molar-refractivity contribution in [3.05, 3.63) is 58.9 Å². The van der Waals surface area contributed by atoms with Gasteiger partial charge in [0, 0.05) is 22.0 Å². The largest absolute Gasteiger partial charge is 0.496 e. The van der Waals surface area contributed by atoms with Crippen LogP contribution in [0.25, 0.3) is 33.1 Å². The number of H-pyrrole nitrogens is 2. The second-order valence-electron chi connectivity index (χ2n) is 5.36. The third-order valence-electron chi connectivity index (χ3n) is 4.08.